The van der Waals surface area contributed by atoms with E-state index >= 15 is 0 Å². The number of imide groups is 2. The van der Waals surface area contributed by atoms with Crippen molar-refractivity contribution in [1.29, 1.82) is 5.26 Å². The standard InChI is InChI=1S/C42H51F3N10O5S/c1-24-21-52(22-25(2)53(24)23-35(57)48-32-10-6-9-29-36(50-51(5)37(29)32)30-15-16-34(56)49-38(30)58)17-7-8-26-11-13-27(14-12-26)54-40(60)55(39(59)41(54,3)4)61-28-18-31(42(43,44)45)33(19-46)47-20-28/h6,9-10,18,20,24-27,30H,7-8,11-17,21-23H2,1-5H3,(H,48,57)(H,49,56,58)/t24-,25+,26?,27?,30?. The molecule has 1 aromatic carbocycles. The number of urea groups is 1. The number of hydrogen-bond acceptors (Lipinski definition) is 11. The van der Waals surface area contributed by atoms with E-state index in [9.17, 15) is 37.1 Å². The van der Waals surface area contributed by atoms with Gasteiger partial charge in [-0.25, -0.2) is 9.78 Å². The topological polar surface area (TPSA) is 177 Å². The van der Waals surface area contributed by atoms with Crippen molar-refractivity contribution in [3.63, 3.8) is 0 Å². The van der Waals surface area contributed by atoms with Gasteiger partial charge in [0.15, 0.2) is 5.69 Å². The molecule has 3 aliphatic heterocycles. The predicted octanol–water partition coefficient (Wildman–Crippen LogP) is 5.80. The zero-order valence-corrected chi connectivity index (χ0v) is 35.7. The summed E-state index contributed by atoms with van der Waals surface area (Å²) in [7, 11) is 1.78. The van der Waals surface area contributed by atoms with Crippen molar-refractivity contribution in [2.24, 2.45) is 13.0 Å². The summed E-state index contributed by atoms with van der Waals surface area (Å²) >= 11 is 0.593. The molecule has 2 aromatic heterocycles. The number of piperazine rings is 1. The first-order valence-corrected chi connectivity index (χ1v) is 21.5. The molecule has 3 saturated heterocycles. The molecule has 15 nitrogen and oxygen atoms in total. The first kappa shape index (κ1) is 44.0. The summed E-state index contributed by atoms with van der Waals surface area (Å²) in [5.41, 5.74) is -1.26. The monoisotopic (exact) mass is 864 g/mol. The summed E-state index contributed by atoms with van der Waals surface area (Å²) in [4.78, 5) is 74.8. The van der Waals surface area contributed by atoms with Crippen LogP contribution in [0.2, 0.25) is 0 Å². The Balaban J connectivity index is 0.871. The van der Waals surface area contributed by atoms with E-state index in [0.29, 0.717) is 54.0 Å². The van der Waals surface area contributed by atoms with Gasteiger partial charge in [-0.15, -0.1) is 0 Å². The predicted molar refractivity (Wildman–Crippen MR) is 219 cm³/mol. The van der Waals surface area contributed by atoms with E-state index in [1.165, 1.54) is 6.07 Å². The number of para-hydroxylation sites is 1. The van der Waals surface area contributed by atoms with Crippen molar-refractivity contribution in [1.82, 2.24) is 39.1 Å². The number of fused-ring (bicyclic) bond motifs is 1. The molecule has 0 bridgehead atoms. The van der Waals surface area contributed by atoms with Crippen molar-refractivity contribution in [2.45, 2.75) is 120 Å². The van der Waals surface area contributed by atoms with Crippen LogP contribution in [0.3, 0.4) is 0 Å². The highest BCUT2D eigenvalue weighted by molar-refractivity contribution is 7.98. The molecule has 61 heavy (non-hydrogen) atoms. The number of pyridine rings is 1. The maximum atomic E-state index is 13.7. The largest absolute Gasteiger partial charge is 0.419 e. The number of halogens is 3. The summed E-state index contributed by atoms with van der Waals surface area (Å²) in [6.45, 7) is 10.4. The van der Waals surface area contributed by atoms with Gasteiger partial charge in [-0.3, -0.25) is 34.1 Å². The number of aromatic nitrogens is 3. The second-order valence-corrected chi connectivity index (χ2v) is 18.3. The van der Waals surface area contributed by atoms with Crippen LogP contribution >= 0.6 is 11.9 Å². The van der Waals surface area contributed by atoms with Crippen LogP contribution in [0.4, 0.5) is 23.7 Å². The fraction of sp³-hybridized carbons (Fsp3) is 0.571. The number of rotatable bonds is 11. The minimum atomic E-state index is -4.82. The average molecular weight is 865 g/mol. The fourth-order valence-corrected chi connectivity index (χ4v) is 10.6. The number of nitrogens with zero attached hydrogens (tertiary/aromatic N) is 8. The minimum Gasteiger partial charge on any atom is -0.323 e. The van der Waals surface area contributed by atoms with E-state index in [1.54, 1.807) is 30.5 Å². The third-order valence-electron chi connectivity index (χ3n) is 12.7. The van der Waals surface area contributed by atoms with Gasteiger partial charge < -0.3 is 15.1 Å². The molecule has 3 atom stereocenters. The molecule has 6 amide bonds. The molecule has 19 heteroatoms. The highest BCUT2D eigenvalue weighted by Gasteiger charge is 2.55. The van der Waals surface area contributed by atoms with Crippen LogP contribution in [0.25, 0.3) is 10.9 Å². The van der Waals surface area contributed by atoms with E-state index in [1.807, 2.05) is 18.2 Å². The first-order chi connectivity index (χ1) is 28.9. The van der Waals surface area contributed by atoms with Crippen LogP contribution in [0.5, 0.6) is 0 Å². The number of amides is 6. The number of benzene rings is 1. The Morgan fingerprint density at radius 3 is 2.43 bits per heavy atom. The van der Waals surface area contributed by atoms with Crippen LogP contribution in [0, 0.1) is 17.2 Å². The van der Waals surface area contributed by atoms with Crippen LogP contribution in [0.15, 0.2) is 35.4 Å². The highest BCUT2D eigenvalue weighted by Crippen LogP contribution is 2.42. The molecule has 5 heterocycles. The number of nitrogens with one attached hydrogen (secondary N) is 2. The Labute approximate surface area is 356 Å². The summed E-state index contributed by atoms with van der Waals surface area (Å²) in [5.74, 6) is -1.38. The molecule has 4 aliphatic rings. The number of carbonyl (C=O) groups is 5. The molecular formula is C42H51F3N10O5S. The molecular weight excluding hydrogens is 814 g/mol. The lowest BCUT2D eigenvalue weighted by Crippen LogP contribution is -2.58. The number of alkyl halides is 3. The second-order valence-electron chi connectivity index (χ2n) is 17.3. The number of anilines is 1. The van der Waals surface area contributed by atoms with E-state index in [-0.39, 0.29) is 53.7 Å². The summed E-state index contributed by atoms with van der Waals surface area (Å²) in [5, 5.41) is 20.0. The van der Waals surface area contributed by atoms with Crippen molar-refractivity contribution in [2.75, 3.05) is 31.5 Å². The van der Waals surface area contributed by atoms with Crippen molar-refractivity contribution < 1.29 is 37.1 Å². The Bertz CT molecular complexity index is 2260. The van der Waals surface area contributed by atoms with Crippen LogP contribution in [-0.4, -0.2) is 113 Å². The summed E-state index contributed by atoms with van der Waals surface area (Å²) in [6.07, 6.45) is 2.11. The SMILES string of the molecule is C[C@@H]1CN(CCCC2CCC(N3C(=O)N(Sc4cnc(C#N)c(C(F)(F)F)c4)C(=O)C3(C)C)CC2)C[C@H](C)N1CC(=O)Nc1cccc2c(C3CCC(=O)NC3=O)nn(C)c12. The Hall–Kier alpha value is -5.06. The average Bonchev–Trinajstić information content (AvgIpc) is 3.62. The van der Waals surface area contributed by atoms with Crippen molar-refractivity contribution >= 4 is 58.2 Å². The maximum absolute atomic E-state index is 13.7. The zero-order valence-electron chi connectivity index (χ0n) is 34.9. The third-order valence-corrected chi connectivity index (χ3v) is 13.6. The number of hydrogen-bond donors (Lipinski definition) is 2. The lowest BCUT2D eigenvalue weighted by molar-refractivity contribution is -0.138. The van der Waals surface area contributed by atoms with Gasteiger partial charge in [-0.2, -0.15) is 27.8 Å². The molecule has 4 fully saturated rings. The van der Waals surface area contributed by atoms with Crippen LogP contribution in [-0.2, 0) is 32.4 Å². The highest BCUT2D eigenvalue weighted by atomic mass is 32.2. The maximum Gasteiger partial charge on any atom is 0.419 e. The van der Waals surface area contributed by atoms with Crippen LogP contribution in [0.1, 0.15) is 102 Å². The third kappa shape index (κ3) is 8.98. The lowest BCUT2D eigenvalue weighted by Gasteiger charge is -2.44. The molecule has 7 rings (SSSR count). The van der Waals surface area contributed by atoms with E-state index < -0.39 is 40.8 Å². The van der Waals surface area contributed by atoms with Gasteiger partial charge in [-0.05, 0) is 97.2 Å². The quantitative estimate of drug-likeness (QED) is 0.135. The fourth-order valence-electron chi connectivity index (χ4n) is 9.66. The number of carbonyl (C=O) groups excluding carboxylic acids is 5. The van der Waals surface area contributed by atoms with Gasteiger partial charge in [0, 0.05) is 73.1 Å². The summed E-state index contributed by atoms with van der Waals surface area (Å²) < 4.78 is 43.3. The second kappa shape index (κ2) is 17.4. The number of aryl methyl sites for hydroxylation is 1. The summed E-state index contributed by atoms with van der Waals surface area (Å²) in [6, 6.07) is 7.25. The van der Waals surface area contributed by atoms with E-state index in [4.69, 9.17) is 5.26 Å². The first-order valence-electron chi connectivity index (χ1n) is 20.8. The van der Waals surface area contributed by atoms with Gasteiger partial charge in [0.2, 0.25) is 17.7 Å². The number of piperidine rings is 1. The molecule has 1 aliphatic carbocycles. The molecule has 326 valence electrons. The zero-order chi connectivity index (χ0) is 44.0. The minimum absolute atomic E-state index is 0.0652. The molecule has 3 aromatic rings. The van der Waals surface area contributed by atoms with Gasteiger partial charge in [0.25, 0.3) is 5.91 Å². The molecule has 1 saturated carbocycles. The molecule has 0 spiro atoms. The van der Waals surface area contributed by atoms with Gasteiger partial charge in [0.1, 0.15) is 11.6 Å². The molecule has 2 N–H and O–H groups in total. The van der Waals surface area contributed by atoms with Gasteiger partial charge >= 0.3 is 12.2 Å². The van der Waals surface area contributed by atoms with Gasteiger partial charge in [0.05, 0.1) is 34.9 Å². The Kier molecular flexibility index (Phi) is 12.5. The van der Waals surface area contributed by atoms with Crippen molar-refractivity contribution in [3.8, 4) is 6.07 Å². The van der Waals surface area contributed by atoms with Crippen molar-refractivity contribution in [3.05, 3.63) is 47.4 Å². The smallest absolute Gasteiger partial charge is 0.323 e. The Morgan fingerprint density at radius 2 is 1.77 bits per heavy atom. The number of nitriles is 1. The molecule has 0 radical (unpaired) electrons. The lowest BCUT2D eigenvalue weighted by atomic mass is 9.81. The van der Waals surface area contributed by atoms with Crippen LogP contribution < -0.4 is 10.6 Å². The molecule has 1 unspecified atom stereocenters. The Morgan fingerprint density at radius 1 is 1.07 bits per heavy atom. The normalized spacial score (nSPS) is 25.3. The van der Waals surface area contributed by atoms with Gasteiger partial charge in [-0.1, -0.05) is 12.1 Å². The van der Waals surface area contributed by atoms with E-state index in [2.05, 4.69) is 44.4 Å². The van der Waals surface area contributed by atoms with E-state index in [0.717, 1.165) is 67.3 Å².